The minimum atomic E-state index is -1.04. The van der Waals surface area contributed by atoms with E-state index in [2.05, 4.69) is 0 Å². The van der Waals surface area contributed by atoms with Gasteiger partial charge < -0.3 is 24.8 Å². The van der Waals surface area contributed by atoms with Crippen molar-refractivity contribution in [3.63, 3.8) is 0 Å². The van der Waals surface area contributed by atoms with Crippen molar-refractivity contribution in [1.29, 1.82) is 0 Å². The lowest BCUT2D eigenvalue weighted by molar-refractivity contribution is -0.109. The van der Waals surface area contributed by atoms with Crippen molar-refractivity contribution in [1.82, 2.24) is 4.90 Å². The van der Waals surface area contributed by atoms with Crippen LogP contribution < -0.4 is 4.74 Å². The first-order chi connectivity index (χ1) is 11.6. The predicted molar refractivity (Wildman–Crippen MR) is 89.0 cm³/mol. The quantitative estimate of drug-likeness (QED) is 0.680. The molecule has 2 aliphatic heterocycles. The maximum atomic E-state index is 9.72. The van der Waals surface area contributed by atoms with Crippen LogP contribution in [0, 0.1) is 5.92 Å². The highest BCUT2D eigenvalue weighted by Gasteiger charge is 2.32. The average molecular weight is 337 g/mol. The molecular weight excluding hydrogens is 310 g/mol. The van der Waals surface area contributed by atoms with Crippen LogP contribution >= 0.6 is 0 Å². The Labute approximate surface area is 142 Å². The van der Waals surface area contributed by atoms with Crippen LogP contribution in [0.15, 0.2) is 24.3 Å². The highest BCUT2D eigenvalue weighted by Crippen LogP contribution is 2.18. The van der Waals surface area contributed by atoms with Gasteiger partial charge in [0.15, 0.2) is 0 Å². The highest BCUT2D eigenvalue weighted by atomic mass is 16.5. The molecule has 24 heavy (non-hydrogen) atoms. The Bertz CT molecular complexity index is 491. The molecule has 2 heterocycles. The summed E-state index contributed by atoms with van der Waals surface area (Å²) in [6.45, 7) is 3.85. The largest absolute Gasteiger partial charge is 0.493 e. The molecule has 1 aromatic rings. The Kier molecular flexibility index (Phi) is 6.08. The molecule has 2 aliphatic rings. The molecule has 0 aromatic heterocycles. The number of piperidine rings is 1. The molecule has 0 amide bonds. The van der Waals surface area contributed by atoms with Crippen LogP contribution in [0.1, 0.15) is 12.0 Å². The van der Waals surface area contributed by atoms with Crippen molar-refractivity contribution in [2.45, 2.75) is 31.2 Å². The molecule has 0 aliphatic carbocycles. The summed E-state index contributed by atoms with van der Waals surface area (Å²) in [6, 6.07) is 8.06. The van der Waals surface area contributed by atoms with Crippen LogP contribution in [0.5, 0.6) is 5.75 Å². The maximum Gasteiger partial charge on any atom is 0.119 e. The fourth-order valence-corrected chi connectivity index (χ4v) is 3.23. The van der Waals surface area contributed by atoms with Gasteiger partial charge >= 0.3 is 0 Å². The molecule has 0 bridgehead atoms. The lowest BCUT2D eigenvalue weighted by atomic mass is 10.0. The van der Waals surface area contributed by atoms with Crippen molar-refractivity contribution < 1.29 is 24.8 Å². The fourth-order valence-electron chi connectivity index (χ4n) is 3.23. The summed E-state index contributed by atoms with van der Waals surface area (Å²) in [5.41, 5.74) is 1.18. The lowest BCUT2D eigenvalue weighted by Gasteiger charge is -2.36. The third-order valence-electron chi connectivity index (χ3n) is 4.83. The molecular formula is C18H27NO5. The van der Waals surface area contributed by atoms with Crippen molar-refractivity contribution >= 4 is 0 Å². The zero-order valence-electron chi connectivity index (χ0n) is 13.9. The minimum Gasteiger partial charge on any atom is -0.493 e. The summed E-state index contributed by atoms with van der Waals surface area (Å²) in [4.78, 5) is 1.98. The van der Waals surface area contributed by atoms with Crippen LogP contribution in [-0.2, 0) is 11.2 Å². The molecule has 3 unspecified atom stereocenters. The van der Waals surface area contributed by atoms with E-state index in [1.165, 1.54) is 5.56 Å². The molecule has 3 N–H and O–H groups in total. The number of hydrogen-bond acceptors (Lipinski definition) is 6. The van der Waals surface area contributed by atoms with Crippen LogP contribution in [0.4, 0.5) is 0 Å². The first kappa shape index (κ1) is 17.6. The van der Waals surface area contributed by atoms with E-state index >= 15 is 0 Å². The number of β-amino-alcohol motifs (C(OH)–C–C–N with tert-alkyl or cyclic N) is 2. The topological polar surface area (TPSA) is 82.4 Å². The third-order valence-corrected chi connectivity index (χ3v) is 4.83. The second-order valence-electron chi connectivity index (χ2n) is 6.82. The molecule has 2 saturated heterocycles. The number of rotatable bonds is 6. The summed E-state index contributed by atoms with van der Waals surface area (Å²) in [5.74, 6) is 1.37. The molecule has 2 fully saturated rings. The Morgan fingerprint density at radius 1 is 1.08 bits per heavy atom. The van der Waals surface area contributed by atoms with Crippen molar-refractivity contribution in [3.8, 4) is 5.75 Å². The molecule has 0 radical (unpaired) electrons. The number of aliphatic hydroxyl groups is 3. The Morgan fingerprint density at radius 3 is 2.42 bits per heavy atom. The monoisotopic (exact) mass is 337 g/mol. The lowest BCUT2D eigenvalue weighted by Crippen LogP contribution is -2.55. The number of ether oxygens (including phenoxy) is 2. The first-order valence-corrected chi connectivity index (χ1v) is 8.68. The first-order valence-electron chi connectivity index (χ1n) is 8.68. The number of hydrogen-bond donors (Lipinski definition) is 3. The Hall–Kier alpha value is -1.18. The second kappa shape index (κ2) is 8.27. The van der Waals surface area contributed by atoms with Gasteiger partial charge in [-0.15, -0.1) is 0 Å². The Morgan fingerprint density at radius 2 is 1.79 bits per heavy atom. The summed E-state index contributed by atoms with van der Waals surface area (Å²) in [5, 5.41) is 29.0. The molecule has 134 valence electrons. The average Bonchev–Trinajstić information content (AvgIpc) is 3.10. The van der Waals surface area contributed by atoms with Gasteiger partial charge in [-0.2, -0.15) is 0 Å². The van der Waals surface area contributed by atoms with Crippen molar-refractivity contribution in [2.75, 3.05) is 39.5 Å². The molecule has 0 spiro atoms. The number of aliphatic hydroxyl groups excluding tert-OH is 3. The summed E-state index contributed by atoms with van der Waals surface area (Å²) < 4.78 is 11.1. The van der Waals surface area contributed by atoms with E-state index in [0.717, 1.165) is 38.3 Å². The summed E-state index contributed by atoms with van der Waals surface area (Å²) in [6.07, 6.45) is -0.914. The molecule has 3 atom stereocenters. The minimum absolute atomic E-state index is 0.392. The van der Waals surface area contributed by atoms with E-state index < -0.39 is 18.3 Å². The predicted octanol–water partition coefficient (Wildman–Crippen LogP) is 0.0427. The van der Waals surface area contributed by atoms with Crippen molar-refractivity contribution in [2.24, 2.45) is 5.92 Å². The Balaban J connectivity index is 1.42. The number of benzene rings is 1. The molecule has 1 aromatic carbocycles. The van der Waals surface area contributed by atoms with Gasteiger partial charge in [-0.25, -0.2) is 0 Å². The standard InChI is InChI=1S/C18H27NO5/c20-16-9-19(10-17(21)18(16)22)7-5-13-1-3-15(4-2-13)24-12-14-6-8-23-11-14/h1-4,14,16-18,20-22H,5-12H2. The molecule has 6 heteroatoms. The van der Waals surface area contributed by atoms with Gasteiger partial charge in [0.1, 0.15) is 11.9 Å². The van der Waals surface area contributed by atoms with Gasteiger partial charge in [0, 0.05) is 32.2 Å². The van der Waals surface area contributed by atoms with E-state index in [0.29, 0.717) is 25.6 Å². The van der Waals surface area contributed by atoms with Crippen LogP contribution in [0.3, 0.4) is 0 Å². The molecule has 0 saturated carbocycles. The summed E-state index contributed by atoms with van der Waals surface area (Å²) in [7, 11) is 0. The number of nitrogens with zero attached hydrogens (tertiary/aromatic N) is 1. The fraction of sp³-hybridized carbons (Fsp3) is 0.667. The highest BCUT2D eigenvalue weighted by molar-refractivity contribution is 5.27. The van der Waals surface area contributed by atoms with Gasteiger partial charge in [0.2, 0.25) is 0 Å². The van der Waals surface area contributed by atoms with Crippen LogP contribution in [0.2, 0.25) is 0 Å². The third kappa shape index (κ3) is 4.68. The zero-order valence-corrected chi connectivity index (χ0v) is 13.9. The van der Waals surface area contributed by atoms with Gasteiger partial charge in [-0.1, -0.05) is 12.1 Å². The number of likely N-dealkylation sites (tertiary alicyclic amines) is 1. The van der Waals surface area contributed by atoms with Gasteiger partial charge in [-0.3, -0.25) is 4.90 Å². The van der Waals surface area contributed by atoms with Crippen LogP contribution in [-0.4, -0.2) is 78.0 Å². The van der Waals surface area contributed by atoms with E-state index in [1.54, 1.807) is 0 Å². The van der Waals surface area contributed by atoms with Crippen LogP contribution in [0.25, 0.3) is 0 Å². The second-order valence-corrected chi connectivity index (χ2v) is 6.82. The zero-order chi connectivity index (χ0) is 16.9. The van der Waals surface area contributed by atoms with Crippen molar-refractivity contribution in [3.05, 3.63) is 29.8 Å². The van der Waals surface area contributed by atoms with Gasteiger partial charge in [0.25, 0.3) is 0 Å². The van der Waals surface area contributed by atoms with Gasteiger partial charge in [-0.05, 0) is 30.5 Å². The molecule has 6 nitrogen and oxygen atoms in total. The SMILES string of the molecule is OC1CN(CCc2ccc(OCC3CCOC3)cc2)CC(O)C1O. The van der Waals surface area contributed by atoms with E-state index in [4.69, 9.17) is 9.47 Å². The normalized spacial score (nSPS) is 31.3. The van der Waals surface area contributed by atoms with E-state index in [-0.39, 0.29) is 0 Å². The summed E-state index contributed by atoms with van der Waals surface area (Å²) >= 11 is 0. The molecule has 3 rings (SSSR count). The van der Waals surface area contributed by atoms with E-state index in [9.17, 15) is 15.3 Å². The van der Waals surface area contributed by atoms with E-state index in [1.807, 2.05) is 29.2 Å². The van der Waals surface area contributed by atoms with Gasteiger partial charge in [0.05, 0.1) is 25.4 Å². The maximum absolute atomic E-state index is 9.72. The smallest absolute Gasteiger partial charge is 0.119 e.